The van der Waals surface area contributed by atoms with Crippen LogP contribution in [-0.4, -0.2) is 7.05 Å². The molecule has 0 aliphatic carbocycles. The first-order valence-corrected chi connectivity index (χ1v) is 6.19. The molecule has 18 heavy (non-hydrogen) atoms. The quantitative estimate of drug-likeness (QED) is 0.870. The molecule has 3 nitrogen and oxygen atoms in total. The van der Waals surface area contributed by atoms with Gasteiger partial charge in [-0.3, -0.25) is 0 Å². The maximum atomic E-state index is 5.82. The monoisotopic (exact) mass is 265 g/mol. The van der Waals surface area contributed by atoms with Crippen molar-refractivity contribution in [3.63, 3.8) is 0 Å². The zero-order valence-corrected chi connectivity index (χ0v) is 11.0. The predicted octanol–water partition coefficient (Wildman–Crippen LogP) is 3.37. The lowest BCUT2D eigenvalue weighted by molar-refractivity contribution is 0.0921. The molecule has 1 aromatic carbocycles. The maximum Gasteiger partial charge on any atom is 0.133 e. The van der Waals surface area contributed by atoms with Crippen LogP contribution >= 0.6 is 11.6 Å². The number of halogens is 1. The summed E-state index contributed by atoms with van der Waals surface area (Å²) in [6, 6.07) is 9.59. The zero-order chi connectivity index (χ0) is 12.8. The lowest BCUT2D eigenvalue weighted by atomic mass is 10.2. The van der Waals surface area contributed by atoms with Crippen LogP contribution in [0.25, 0.3) is 0 Å². The van der Waals surface area contributed by atoms with Crippen LogP contribution in [0.15, 0.2) is 41.0 Å². The Hall–Kier alpha value is -1.29. The second-order valence-electron chi connectivity index (χ2n) is 4.02. The van der Waals surface area contributed by atoms with Crippen molar-refractivity contribution in [1.82, 2.24) is 5.32 Å². The molecule has 0 spiro atoms. The molecule has 0 atom stereocenters. The van der Waals surface area contributed by atoms with Gasteiger partial charge >= 0.3 is 0 Å². The standard InChI is InChI=1S/C14H16ClNO2/c1-16-8-12-6-7-18-14(12)10-17-9-11-2-4-13(15)5-3-11/h2-7,16H,8-10H2,1H3. The molecule has 0 saturated carbocycles. The van der Waals surface area contributed by atoms with E-state index >= 15 is 0 Å². The minimum absolute atomic E-state index is 0.479. The van der Waals surface area contributed by atoms with Gasteiger partial charge in [0.2, 0.25) is 0 Å². The lowest BCUT2D eigenvalue weighted by Crippen LogP contribution is -2.06. The maximum absolute atomic E-state index is 5.82. The summed E-state index contributed by atoms with van der Waals surface area (Å²) < 4.78 is 11.0. The summed E-state index contributed by atoms with van der Waals surface area (Å²) in [6.07, 6.45) is 1.69. The molecular weight excluding hydrogens is 250 g/mol. The molecule has 0 fully saturated rings. The van der Waals surface area contributed by atoms with Gasteiger partial charge < -0.3 is 14.5 Å². The second kappa shape index (κ2) is 6.59. The molecule has 1 aromatic heterocycles. The summed E-state index contributed by atoms with van der Waals surface area (Å²) in [5, 5.41) is 3.83. The molecule has 96 valence electrons. The van der Waals surface area contributed by atoms with Crippen molar-refractivity contribution < 1.29 is 9.15 Å². The fourth-order valence-electron chi connectivity index (χ4n) is 1.68. The van der Waals surface area contributed by atoms with E-state index in [0.29, 0.717) is 13.2 Å². The third-order valence-corrected chi connectivity index (χ3v) is 2.87. The Kier molecular flexibility index (Phi) is 4.81. The Morgan fingerprint density at radius 2 is 1.94 bits per heavy atom. The van der Waals surface area contributed by atoms with Gasteiger partial charge in [0.15, 0.2) is 0 Å². The van der Waals surface area contributed by atoms with Gasteiger partial charge in [0.1, 0.15) is 12.4 Å². The second-order valence-corrected chi connectivity index (χ2v) is 4.46. The number of hydrogen-bond acceptors (Lipinski definition) is 3. The minimum Gasteiger partial charge on any atom is -0.467 e. The van der Waals surface area contributed by atoms with E-state index in [0.717, 1.165) is 28.5 Å². The third-order valence-electron chi connectivity index (χ3n) is 2.62. The fraction of sp³-hybridized carbons (Fsp3) is 0.286. The van der Waals surface area contributed by atoms with E-state index in [4.69, 9.17) is 20.8 Å². The summed E-state index contributed by atoms with van der Waals surface area (Å²) in [5.41, 5.74) is 2.23. The van der Waals surface area contributed by atoms with E-state index in [1.54, 1.807) is 6.26 Å². The van der Waals surface area contributed by atoms with Crippen molar-refractivity contribution in [2.45, 2.75) is 19.8 Å². The summed E-state index contributed by atoms with van der Waals surface area (Å²) in [5.74, 6) is 0.873. The summed E-state index contributed by atoms with van der Waals surface area (Å²) in [6.45, 7) is 1.82. The highest BCUT2D eigenvalue weighted by Gasteiger charge is 2.05. The van der Waals surface area contributed by atoms with Crippen LogP contribution in [0, 0.1) is 0 Å². The SMILES string of the molecule is CNCc1ccoc1COCc1ccc(Cl)cc1. The predicted molar refractivity (Wildman–Crippen MR) is 71.4 cm³/mol. The molecule has 0 unspecified atom stereocenters. The summed E-state index contributed by atoms with van der Waals surface area (Å²) >= 11 is 5.82. The highest BCUT2D eigenvalue weighted by molar-refractivity contribution is 6.30. The van der Waals surface area contributed by atoms with Crippen LogP contribution in [0.3, 0.4) is 0 Å². The lowest BCUT2D eigenvalue weighted by Gasteiger charge is -2.05. The molecular formula is C14H16ClNO2. The van der Waals surface area contributed by atoms with Gasteiger partial charge in [-0.05, 0) is 30.8 Å². The van der Waals surface area contributed by atoms with Crippen molar-refractivity contribution in [2.24, 2.45) is 0 Å². The molecule has 1 N–H and O–H groups in total. The normalized spacial score (nSPS) is 10.8. The van der Waals surface area contributed by atoms with Crippen molar-refractivity contribution in [3.05, 3.63) is 58.5 Å². The first-order chi connectivity index (χ1) is 8.79. The molecule has 0 bridgehead atoms. The number of hydrogen-bond donors (Lipinski definition) is 1. The largest absolute Gasteiger partial charge is 0.467 e. The van der Waals surface area contributed by atoms with Crippen LogP contribution in [0.4, 0.5) is 0 Å². The first-order valence-electron chi connectivity index (χ1n) is 5.81. The van der Waals surface area contributed by atoms with Gasteiger partial charge in [0, 0.05) is 17.1 Å². The van der Waals surface area contributed by atoms with Gasteiger partial charge in [-0.2, -0.15) is 0 Å². The van der Waals surface area contributed by atoms with Crippen LogP contribution < -0.4 is 5.32 Å². The number of benzene rings is 1. The molecule has 0 saturated heterocycles. The summed E-state index contributed by atoms with van der Waals surface area (Å²) in [7, 11) is 1.91. The minimum atomic E-state index is 0.479. The van der Waals surface area contributed by atoms with Gasteiger partial charge in [0.05, 0.1) is 12.9 Å². The Morgan fingerprint density at radius 3 is 2.67 bits per heavy atom. The highest BCUT2D eigenvalue weighted by atomic mass is 35.5. The fourth-order valence-corrected chi connectivity index (χ4v) is 1.81. The molecule has 0 aliphatic heterocycles. The van der Waals surface area contributed by atoms with E-state index in [1.165, 1.54) is 0 Å². The molecule has 0 radical (unpaired) electrons. The van der Waals surface area contributed by atoms with E-state index in [2.05, 4.69) is 5.32 Å². The third kappa shape index (κ3) is 3.60. The van der Waals surface area contributed by atoms with Gasteiger partial charge in [-0.25, -0.2) is 0 Å². The Labute approximate surface area is 112 Å². The van der Waals surface area contributed by atoms with Crippen LogP contribution in [0.1, 0.15) is 16.9 Å². The first kappa shape index (κ1) is 13.1. The van der Waals surface area contributed by atoms with Crippen molar-refractivity contribution >= 4 is 11.6 Å². The molecule has 4 heteroatoms. The zero-order valence-electron chi connectivity index (χ0n) is 10.3. The highest BCUT2D eigenvalue weighted by Crippen LogP contribution is 2.14. The van der Waals surface area contributed by atoms with Crippen LogP contribution in [0.2, 0.25) is 5.02 Å². The Balaban J connectivity index is 1.84. The average molecular weight is 266 g/mol. The van der Waals surface area contributed by atoms with E-state index in [9.17, 15) is 0 Å². The van der Waals surface area contributed by atoms with E-state index in [1.807, 2.05) is 37.4 Å². The number of furan rings is 1. The Morgan fingerprint density at radius 1 is 1.17 bits per heavy atom. The van der Waals surface area contributed by atoms with Gasteiger partial charge in [-0.15, -0.1) is 0 Å². The molecule has 2 rings (SSSR count). The summed E-state index contributed by atoms with van der Waals surface area (Å²) in [4.78, 5) is 0. The average Bonchev–Trinajstić information content (AvgIpc) is 2.80. The molecule has 2 aromatic rings. The van der Waals surface area contributed by atoms with Gasteiger partial charge in [0.25, 0.3) is 0 Å². The Bertz CT molecular complexity index is 479. The van der Waals surface area contributed by atoms with Gasteiger partial charge in [-0.1, -0.05) is 23.7 Å². The molecule has 0 aliphatic rings. The number of ether oxygens (including phenoxy) is 1. The van der Waals surface area contributed by atoms with Crippen molar-refractivity contribution in [3.8, 4) is 0 Å². The van der Waals surface area contributed by atoms with E-state index in [-0.39, 0.29) is 0 Å². The van der Waals surface area contributed by atoms with Crippen molar-refractivity contribution in [2.75, 3.05) is 7.05 Å². The smallest absolute Gasteiger partial charge is 0.133 e. The number of rotatable bonds is 6. The topological polar surface area (TPSA) is 34.4 Å². The van der Waals surface area contributed by atoms with Crippen LogP contribution in [-0.2, 0) is 24.5 Å². The van der Waals surface area contributed by atoms with E-state index < -0.39 is 0 Å². The van der Waals surface area contributed by atoms with Crippen LogP contribution in [0.5, 0.6) is 0 Å². The number of nitrogens with one attached hydrogen (secondary N) is 1. The molecule has 1 heterocycles. The molecule has 0 amide bonds. The van der Waals surface area contributed by atoms with Crippen molar-refractivity contribution in [1.29, 1.82) is 0 Å².